The predicted octanol–water partition coefficient (Wildman–Crippen LogP) is 6.87. The lowest BCUT2D eigenvalue weighted by atomic mass is 9.69. The lowest BCUT2D eigenvalue weighted by Crippen LogP contribution is -2.36. The fraction of sp³-hybridized carbons (Fsp3) is 0.345. The van der Waals surface area contributed by atoms with Crippen LogP contribution >= 0.6 is 11.6 Å². The van der Waals surface area contributed by atoms with E-state index >= 15 is 0 Å². The molecule has 0 spiro atoms. The highest BCUT2D eigenvalue weighted by molar-refractivity contribution is 6.30. The van der Waals surface area contributed by atoms with Crippen LogP contribution in [0.4, 0.5) is 13.2 Å². The summed E-state index contributed by atoms with van der Waals surface area (Å²) in [7, 11) is 0. The molecule has 200 valence electrons. The number of nitrogens with zero attached hydrogens (tertiary/aromatic N) is 1. The van der Waals surface area contributed by atoms with Gasteiger partial charge in [-0.1, -0.05) is 62.7 Å². The number of halogens is 4. The molecule has 1 heterocycles. The van der Waals surface area contributed by atoms with Gasteiger partial charge in [0, 0.05) is 10.4 Å². The third-order valence-corrected chi connectivity index (χ3v) is 6.93. The van der Waals surface area contributed by atoms with Gasteiger partial charge in [-0.15, -0.1) is 0 Å². The number of amides is 1. The number of allylic oxidation sites excluding steroid dienone is 1. The van der Waals surface area contributed by atoms with Gasteiger partial charge in [0.05, 0.1) is 16.8 Å². The van der Waals surface area contributed by atoms with Crippen molar-refractivity contribution in [2.45, 2.75) is 39.8 Å². The highest BCUT2D eigenvalue weighted by atomic mass is 35.5. The third kappa shape index (κ3) is 6.54. The summed E-state index contributed by atoms with van der Waals surface area (Å²) < 4.78 is 42.6. The van der Waals surface area contributed by atoms with Gasteiger partial charge >= 0.3 is 12.1 Å². The molecule has 0 saturated heterocycles. The first-order valence-electron chi connectivity index (χ1n) is 12.2. The van der Waals surface area contributed by atoms with E-state index in [0.29, 0.717) is 33.6 Å². The van der Waals surface area contributed by atoms with Gasteiger partial charge in [-0.2, -0.15) is 13.2 Å². The average molecular weight is 545 g/mol. The molecule has 0 bridgehead atoms. The summed E-state index contributed by atoms with van der Waals surface area (Å²) in [4.78, 5) is 30.2. The Labute approximate surface area is 224 Å². The molecule has 1 aromatic heterocycles. The third-order valence-electron chi connectivity index (χ3n) is 6.67. The van der Waals surface area contributed by atoms with Gasteiger partial charge < -0.3 is 10.1 Å². The Hall–Kier alpha value is -3.39. The second-order valence-corrected chi connectivity index (χ2v) is 10.9. The summed E-state index contributed by atoms with van der Waals surface area (Å²) in [6.45, 7) is 4.10. The van der Waals surface area contributed by atoms with E-state index in [2.05, 4.69) is 20.8 Å². The lowest BCUT2D eigenvalue weighted by molar-refractivity contribution is -0.140. The van der Waals surface area contributed by atoms with Crippen LogP contribution in [0.1, 0.15) is 54.4 Å². The van der Waals surface area contributed by atoms with E-state index in [-0.39, 0.29) is 16.9 Å². The molecule has 1 N–H and O–H groups in total. The van der Waals surface area contributed by atoms with Crippen molar-refractivity contribution in [1.29, 1.82) is 0 Å². The fourth-order valence-corrected chi connectivity index (χ4v) is 4.71. The van der Waals surface area contributed by atoms with Crippen molar-refractivity contribution in [3.63, 3.8) is 0 Å². The number of hydrogen-bond acceptors (Lipinski definition) is 4. The van der Waals surface area contributed by atoms with E-state index in [1.54, 1.807) is 35.6 Å². The number of carbonyl (C=O) groups is 2. The van der Waals surface area contributed by atoms with Crippen LogP contribution in [0.5, 0.6) is 0 Å². The van der Waals surface area contributed by atoms with Crippen LogP contribution in [-0.4, -0.2) is 36.2 Å². The lowest BCUT2D eigenvalue weighted by Gasteiger charge is -2.36. The van der Waals surface area contributed by atoms with Crippen molar-refractivity contribution in [3.8, 4) is 0 Å². The number of nitrogens with one attached hydrogen (secondary N) is 1. The summed E-state index contributed by atoms with van der Waals surface area (Å²) >= 11 is 6.06. The summed E-state index contributed by atoms with van der Waals surface area (Å²) in [5, 5.41) is 2.91. The molecular formula is C29H28ClF3N2O3. The van der Waals surface area contributed by atoms with E-state index in [9.17, 15) is 22.8 Å². The molecule has 0 fully saturated rings. The van der Waals surface area contributed by atoms with E-state index in [1.807, 2.05) is 24.3 Å². The van der Waals surface area contributed by atoms with Gasteiger partial charge in [0.2, 0.25) is 0 Å². The number of ether oxygens (including phenoxy) is 1. The average Bonchev–Trinajstić information content (AvgIpc) is 2.85. The number of pyridine rings is 1. The second kappa shape index (κ2) is 10.8. The molecule has 9 heteroatoms. The summed E-state index contributed by atoms with van der Waals surface area (Å²) in [6, 6.07) is 14.6. The van der Waals surface area contributed by atoms with Crippen LogP contribution in [0.15, 0.2) is 48.5 Å². The molecule has 5 nitrogen and oxygen atoms in total. The SMILES string of the molecule is CC(C)(C)[C@H]1C/C(=C/c2ccc(Cl)cc2)c2nc3ccccc3c(C(=O)OCC(=O)NCC(F)(F)F)c2C1. The Morgan fingerprint density at radius 1 is 1.08 bits per heavy atom. The van der Waals surface area contributed by atoms with Crippen molar-refractivity contribution in [3.05, 3.63) is 75.9 Å². The number of rotatable bonds is 5. The fourth-order valence-electron chi connectivity index (χ4n) is 4.58. The molecule has 38 heavy (non-hydrogen) atoms. The zero-order valence-corrected chi connectivity index (χ0v) is 22.0. The van der Waals surface area contributed by atoms with Gasteiger partial charge in [0.1, 0.15) is 6.54 Å². The van der Waals surface area contributed by atoms with E-state index < -0.39 is 31.2 Å². The first kappa shape index (κ1) is 27.6. The first-order valence-corrected chi connectivity index (χ1v) is 12.6. The number of esters is 1. The van der Waals surface area contributed by atoms with Crippen LogP contribution in [0, 0.1) is 11.3 Å². The molecule has 1 aliphatic carbocycles. The minimum Gasteiger partial charge on any atom is -0.452 e. The Balaban J connectivity index is 1.78. The van der Waals surface area contributed by atoms with Crippen LogP contribution < -0.4 is 5.32 Å². The maximum atomic E-state index is 13.4. The Kier molecular flexibility index (Phi) is 7.83. The predicted molar refractivity (Wildman–Crippen MR) is 142 cm³/mol. The zero-order chi connectivity index (χ0) is 27.7. The maximum Gasteiger partial charge on any atom is 0.405 e. The number of para-hydroxylation sites is 1. The van der Waals surface area contributed by atoms with Crippen LogP contribution in [-0.2, 0) is 16.0 Å². The first-order chi connectivity index (χ1) is 17.8. The van der Waals surface area contributed by atoms with Gasteiger partial charge in [0.25, 0.3) is 5.91 Å². The molecule has 1 amide bonds. The quantitative estimate of drug-likeness (QED) is 0.356. The van der Waals surface area contributed by atoms with Gasteiger partial charge in [0.15, 0.2) is 6.61 Å². The number of carbonyl (C=O) groups excluding carboxylic acids is 2. The number of fused-ring (bicyclic) bond motifs is 2. The van der Waals surface area contributed by atoms with Crippen LogP contribution in [0.3, 0.4) is 0 Å². The molecule has 0 aliphatic heterocycles. The van der Waals surface area contributed by atoms with Crippen molar-refractivity contribution >= 4 is 46.0 Å². The molecule has 1 atom stereocenters. The molecule has 3 aromatic rings. The second-order valence-electron chi connectivity index (χ2n) is 10.5. The van der Waals surface area contributed by atoms with Crippen molar-refractivity contribution < 1.29 is 27.5 Å². The van der Waals surface area contributed by atoms with Crippen molar-refractivity contribution in [2.24, 2.45) is 11.3 Å². The van der Waals surface area contributed by atoms with Crippen molar-refractivity contribution in [1.82, 2.24) is 10.3 Å². The molecule has 0 unspecified atom stereocenters. The van der Waals surface area contributed by atoms with E-state index in [1.165, 1.54) is 0 Å². The van der Waals surface area contributed by atoms with Crippen LogP contribution in [0.25, 0.3) is 22.6 Å². The number of aromatic nitrogens is 1. The highest BCUT2D eigenvalue weighted by Crippen LogP contribution is 2.44. The molecule has 0 radical (unpaired) electrons. The molecular weight excluding hydrogens is 517 g/mol. The Bertz CT molecular complexity index is 1390. The molecule has 2 aromatic carbocycles. The van der Waals surface area contributed by atoms with Crippen molar-refractivity contribution in [2.75, 3.05) is 13.2 Å². The summed E-state index contributed by atoms with van der Waals surface area (Å²) in [5.41, 5.74) is 4.03. The number of hydrogen-bond donors (Lipinski definition) is 1. The molecule has 4 rings (SSSR count). The summed E-state index contributed by atoms with van der Waals surface area (Å²) in [5.74, 6) is -1.64. The monoisotopic (exact) mass is 544 g/mol. The largest absolute Gasteiger partial charge is 0.452 e. The Morgan fingerprint density at radius 2 is 1.76 bits per heavy atom. The summed E-state index contributed by atoms with van der Waals surface area (Å²) in [6.07, 6.45) is -1.23. The topological polar surface area (TPSA) is 68.3 Å². The molecule has 1 aliphatic rings. The Morgan fingerprint density at radius 3 is 2.42 bits per heavy atom. The normalized spacial score (nSPS) is 16.8. The van der Waals surface area contributed by atoms with E-state index in [4.69, 9.17) is 21.3 Å². The number of alkyl halides is 3. The number of benzene rings is 2. The smallest absolute Gasteiger partial charge is 0.405 e. The maximum absolute atomic E-state index is 13.4. The zero-order valence-electron chi connectivity index (χ0n) is 21.3. The van der Waals surface area contributed by atoms with E-state index in [0.717, 1.165) is 17.6 Å². The molecule has 0 saturated carbocycles. The van der Waals surface area contributed by atoms with Gasteiger partial charge in [-0.05, 0) is 65.1 Å². The van der Waals surface area contributed by atoms with Crippen LogP contribution in [0.2, 0.25) is 5.02 Å². The minimum atomic E-state index is -4.56. The van der Waals surface area contributed by atoms with Gasteiger partial charge in [-0.25, -0.2) is 9.78 Å². The van der Waals surface area contributed by atoms with Gasteiger partial charge in [-0.3, -0.25) is 4.79 Å². The highest BCUT2D eigenvalue weighted by Gasteiger charge is 2.35. The standard InChI is InChI=1S/C29H28ClF3N2O3/c1-28(2,3)19-13-18(12-17-8-10-20(30)11-9-17)26-22(14-19)25(21-6-4-5-7-23(21)35-26)27(37)38-15-24(36)34-16-29(31,32)33/h4-12,19H,13-16H2,1-3H3,(H,34,36)/b18-12-/t19-/m0/s1. The minimum absolute atomic E-state index is 0.0962.